The van der Waals surface area contributed by atoms with Crippen molar-refractivity contribution in [2.75, 3.05) is 31.6 Å². The number of fused-ring (bicyclic) bond motifs is 1. The summed E-state index contributed by atoms with van der Waals surface area (Å²) < 4.78 is 6.60. The molecule has 1 unspecified atom stereocenters. The maximum atomic E-state index is 13.6. The summed E-state index contributed by atoms with van der Waals surface area (Å²) in [5.41, 5.74) is 0.125. The summed E-state index contributed by atoms with van der Waals surface area (Å²) in [6.45, 7) is 5.26. The molecule has 2 amide bonds. The van der Waals surface area contributed by atoms with E-state index >= 15 is 0 Å². The van der Waals surface area contributed by atoms with Crippen molar-refractivity contribution in [2.24, 2.45) is 5.92 Å². The summed E-state index contributed by atoms with van der Waals surface area (Å²) in [7, 11) is 1.25. The van der Waals surface area contributed by atoms with E-state index in [0.717, 1.165) is 18.2 Å². The molecule has 0 bridgehead atoms. The van der Waals surface area contributed by atoms with Gasteiger partial charge < -0.3 is 15.0 Å². The summed E-state index contributed by atoms with van der Waals surface area (Å²) in [5.74, 6) is -0.574. The molecule has 2 aliphatic rings. The molecule has 4 heterocycles. The van der Waals surface area contributed by atoms with Crippen LogP contribution >= 0.6 is 24.0 Å². The summed E-state index contributed by atoms with van der Waals surface area (Å²) in [4.78, 5) is 59.8. The van der Waals surface area contributed by atoms with E-state index in [1.54, 1.807) is 34.2 Å². The van der Waals surface area contributed by atoms with Crippen LogP contribution < -0.4 is 15.8 Å². The maximum absolute atomic E-state index is 13.6. The van der Waals surface area contributed by atoms with E-state index in [2.05, 4.69) is 24.1 Å². The summed E-state index contributed by atoms with van der Waals surface area (Å²) in [6, 6.07) is 4.22. The minimum Gasteiger partial charge on any atom is -0.469 e. The van der Waals surface area contributed by atoms with Crippen LogP contribution in [0.2, 0.25) is 0 Å². The summed E-state index contributed by atoms with van der Waals surface area (Å²) in [5, 5.41) is 2.75. The van der Waals surface area contributed by atoms with E-state index in [4.69, 9.17) is 17.0 Å². The second-order valence-electron chi connectivity index (χ2n) is 8.88. The Balaban J connectivity index is 1.83. The first-order chi connectivity index (χ1) is 17.2. The molecule has 0 radical (unpaired) electrons. The van der Waals surface area contributed by atoms with Gasteiger partial charge >= 0.3 is 5.97 Å². The Labute approximate surface area is 217 Å². The first-order valence-electron chi connectivity index (χ1n) is 11.6. The summed E-state index contributed by atoms with van der Waals surface area (Å²) in [6.07, 6.45) is 3.67. The number of nitrogens with zero attached hydrogens (tertiary/aromatic N) is 4. The molecule has 2 saturated heterocycles. The van der Waals surface area contributed by atoms with Gasteiger partial charge in [-0.3, -0.25) is 28.5 Å². The second-order valence-corrected chi connectivity index (χ2v) is 10.6. The fraction of sp³-hybridized carbons (Fsp3) is 0.417. The Morgan fingerprint density at radius 1 is 1.33 bits per heavy atom. The van der Waals surface area contributed by atoms with E-state index in [9.17, 15) is 19.2 Å². The van der Waals surface area contributed by atoms with Gasteiger partial charge in [-0.2, -0.15) is 0 Å². The van der Waals surface area contributed by atoms with E-state index in [0.29, 0.717) is 40.4 Å². The number of carbonyl (C=O) groups excluding carboxylic acids is 3. The molecule has 2 aliphatic heterocycles. The lowest BCUT2D eigenvalue weighted by molar-refractivity contribution is -0.143. The number of carbonyl (C=O) groups is 3. The lowest BCUT2D eigenvalue weighted by Gasteiger charge is -2.36. The topological polar surface area (TPSA) is 113 Å². The maximum Gasteiger partial charge on any atom is 0.308 e. The highest BCUT2D eigenvalue weighted by molar-refractivity contribution is 8.26. The van der Waals surface area contributed by atoms with E-state index in [1.165, 1.54) is 17.6 Å². The Morgan fingerprint density at radius 2 is 2.11 bits per heavy atom. The first kappa shape index (κ1) is 25.8. The minimum absolute atomic E-state index is 0.146. The van der Waals surface area contributed by atoms with Gasteiger partial charge in [-0.1, -0.05) is 43.9 Å². The van der Waals surface area contributed by atoms with Crippen molar-refractivity contribution in [3.8, 4) is 0 Å². The molecule has 0 spiro atoms. The van der Waals surface area contributed by atoms with Crippen LogP contribution in [0.5, 0.6) is 0 Å². The van der Waals surface area contributed by atoms with E-state index < -0.39 is 17.6 Å². The fourth-order valence-electron chi connectivity index (χ4n) is 4.06. The third-order valence-corrected chi connectivity index (χ3v) is 7.40. The van der Waals surface area contributed by atoms with Gasteiger partial charge in [-0.25, -0.2) is 4.98 Å². The number of amides is 2. The molecular weight excluding hydrogens is 502 g/mol. The smallest absolute Gasteiger partial charge is 0.308 e. The number of esters is 1. The zero-order chi connectivity index (χ0) is 26.0. The Bertz CT molecular complexity index is 1320. The van der Waals surface area contributed by atoms with Crippen molar-refractivity contribution in [1.82, 2.24) is 19.6 Å². The molecule has 4 rings (SSSR count). The highest BCUT2D eigenvalue weighted by atomic mass is 32.2. The lowest BCUT2D eigenvalue weighted by Crippen LogP contribution is -2.57. The number of thiocarbonyl (C=S) groups is 1. The highest BCUT2D eigenvalue weighted by Crippen LogP contribution is 2.34. The van der Waals surface area contributed by atoms with Crippen LogP contribution in [0.25, 0.3) is 11.7 Å². The molecule has 36 heavy (non-hydrogen) atoms. The van der Waals surface area contributed by atoms with Gasteiger partial charge in [0.1, 0.15) is 21.8 Å². The van der Waals surface area contributed by atoms with Crippen LogP contribution in [0.4, 0.5) is 5.82 Å². The van der Waals surface area contributed by atoms with E-state index in [-0.39, 0.29) is 29.6 Å². The summed E-state index contributed by atoms with van der Waals surface area (Å²) >= 11 is 6.57. The number of ether oxygens (including phenoxy) is 1. The SMILES string of the molecule is COC(=O)CC1C(=O)NCCN1c1nc2ccccn2c(=O)c1C=C1SC(=S)N(CCC(C)C)C1=O. The third-order valence-electron chi connectivity index (χ3n) is 6.02. The monoisotopic (exact) mass is 529 g/mol. The van der Waals surface area contributed by atoms with Crippen LogP contribution in [0.3, 0.4) is 0 Å². The Hall–Kier alpha value is -3.25. The Kier molecular flexibility index (Phi) is 7.74. The van der Waals surface area contributed by atoms with Crippen LogP contribution in [-0.2, 0) is 19.1 Å². The van der Waals surface area contributed by atoms with Crippen molar-refractivity contribution in [2.45, 2.75) is 32.7 Å². The largest absolute Gasteiger partial charge is 0.469 e. The number of hydrogen-bond donors (Lipinski definition) is 1. The van der Waals surface area contributed by atoms with Crippen molar-refractivity contribution in [3.05, 3.63) is 45.2 Å². The van der Waals surface area contributed by atoms with Crippen LogP contribution in [0, 0.1) is 5.92 Å². The van der Waals surface area contributed by atoms with E-state index in [1.807, 2.05) is 0 Å². The van der Waals surface area contributed by atoms with Crippen LogP contribution in [0.15, 0.2) is 34.1 Å². The molecule has 0 saturated carbocycles. The molecule has 10 nitrogen and oxygen atoms in total. The molecule has 1 N–H and O–H groups in total. The zero-order valence-corrected chi connectivity index (χ0v) is 21.9. The third kappa shape index (κ3) is 5.14. The number of thioether (sulfide) groups is 1. The molecule has 2 fully saturated rings. The predicted octanol–water partition coefficient (Wildman–Crippen LogP) is 1.81. The molecule has 2 aromatic rings. The van der Waals surface area contributed by atoms with Gasteiger partial charge in [0.25, 0.3) is 11.5 Å². The van der Waals surface area contributed by atoms with Crippen molar-refractivity contribution < 1.29 is 19.1 Å². The zero-order valence-electron chi connectivity index (χ0n) is 20.2. The lowest BCUT2D eigenvalue weighted by atomic mass is 10.1. The molecule has 0 aromatic carbocycles. The normalized spacial score (nSPS) is 19.5. The number of methoxy groups -OCH3 is 1. The van der Waals surface area contributed by atoms with Crippen molar-refractivity contribution >= 4 is 63.6 Å². The minimum atomic E-state index is -0.919. The van der Waals surface area contributed by atoms with Crippen LogP contribution in [0.1, 0.15) is 32.3 Å². The molecule has 0 aliphatic carbocycles. The number of anilines is 1. The second kappa shape index (κ2) is 10.8. The molecule has 1 atom stereocenters. The van der Waals surface area contributed by atoms with Crippen LogP contribution in [-0.4, -0.2) is 69.2 Å². The van der Waals surface area contributed by atoms with Gasteiger partial charge in [0.05, 0.1) is 24.0 Å². The number of aromatic nitrogens is 2. The number of pyridine rings is 1. The average Bonchev–Trinajstić information content (AvgIpc) is 3.12. The highest BCUT2D eigenvalue weighted by Gasteiger charge is 2.36. The average molecular weight is 530 g/mol. The number of rotatable bonds is 7. The first-order valence-corrected chi connectivity index (χ1v) is 12.8. The van der Waals surface area contributed by atoms with Gasteiger partial charge in [0.2, 0.25) is 5.91 Å². The Morgan fingerprint density at radius 3 is 2.83 bits per heavy atom. The fourth-order valence-corrected chi connectivity index (χ4v) is 5.35. The number of hydrogen-bond acceptors (Lipinski definition) is 9. The number of nitrogens with one attached hydrogen (secondary N) is 1. The number of piperazine rings is 1. The quantitative estimate of drug-likeness (QED) is 0.326. The van der Waals surface area contributed by atoms with Gasteiger partial charge in [0, 0.05) is 25.8 Å². The van der Waals surface area contributed by atoms with Gasteiger partial charge in [0.15, 0.2) is 0 Å². The molecule has 2 aromatic heterocycles. The molecule has 190 valence electrons. The predicted molar refractivity (Wildman–Crippen MR) is 142 cm³/mol. The van der Waals surface area contributed by atoms with Gasteiger partial charge in [-0.05, 0) is 30.5 Å². The van der Waals surface area contributed by atoms with Gasteiger partial charge in [-0.15, -0.1) is 0 Å². The molecule has 12 heteroatoms. The standard InChI is InChI=1S/C24H27N5O5S2/c1-14(2)7-10-29-23(33)17(36-24(29)35)12-15-20(26-18-6-4-5-9-28(18)22(15)32)27-11-8-25-21(31)16(27)13-19(30)34-3/h4-6,9,12,14,16H,7-8,10-11,13H2,1-3H3,(H,25,31). The molecular formula is C24H27N5O5S2. The van der Waals surface area contributed by atoms with Crippen molar-refractivity contribution in [3.63, 3.8) is 0 Å². The van der Waals surface area contributed by atoms with Crippen molar-refractivity contribution in [1.29, 1.82) is 0 Å².